The molecule has 0 radical (unpaired) electrons. The van der Waals surface area contributed by atoms with Crippen molar-refractivity contribution in [2.75, 3.05) is 6.61 Å². The third-order valence-corrected chi connectivity index (χ3v) is 6.04. The quantitative estimate of drug-likeness (QED) is 0.696. The molecule has 0 N–H and O–H groups in total. The van der Waals surface area contributed by atoms with E-state index in [9.17, 15) is 0 Å². The number of hydrogen-bond acceptors (Lipinski definition) is 2. The van der Waals surface area contributed by atoms with Crippen LogP contribution in [0.5, 0.6) is 5.75 Å². The van der Waals surface area contributed by atoms with Gasteiger partial charge in [0, 0.05) is 29.8 Å². The van der Waals surface area contributed by atoms with Crippen LogP contribution < -0.4 is 4.74 Å². The zero-order valence-corrected chi connectivity index (χ0v) is 14.4. The summed E-state index contributed by atoms with van der Waals surface area (Å²) in [6.45, 7) is 7.76. The molecule has 3 aromatic rings. The largest absolute Gasteiger partial charge is 0.493 e. The van der Waals surface area contributed by atoms with Crippen LogP contribution in [0.25, 0.3) is 5.65 Å². The molecule has 2 atom stereocenters. The van der Waals surface area contributed by atoms with Crippen LogP contribution in [0.4, 0.5) is 0 Å². The molecule has 1 aromatic carbocycles. The maximum atomic E-state index is 5.78. The Kier molecular flexibility index (Phi) is 2.71. The molecule has 1 aliphatic carbocycles. The standard InChI is InChI=1S/C21H22N2O/c1-13-20(22-17-9-4-5-11-23(13)17)19-18(21(19,2)3)15-7-6-8-16-14(15)10-12-24-16/h4-9,11,18-19H,10,12H2,1-3H3. The van der Waals surface area contributed by atoms with Crippen molar-refractivity contribution < 1.29 is 4.74 Å². The third-order valence-electron chi connectivity index (χ3n) is 6.04. The number of rotatable bonds is 2. The van der Waals surface area contributed by atoms with Gasteiger partial charge in [-0.2, -0.15) is 0 Å². The van der Waals surface area contributed by atoms with Gasteiger partial charge in [0.1, 0.15) is 11.4 Å². The van der Waals surface area contributed by atoms with Crippen molar-refractivity contribution in [3.05, 3.63) is 65.1 Å². The molecule has 0 spiro atoms. The van der Waals surface area contributed by atoms with Gasteiger partial charge in [0.05, 0.1) is 12.3 Å². The van der Waals surface area contributed by atoms with E-state index in [0.29, 0.717) is 11.8 Å². The molecule has 2 unspecified atom stereocenters. The minimum absolute atomic E-state index is 0.237. The summed E-state index contributed by atoms with van der Waals surface area (Å²) in [5.74, 6) is 2.09. The number of fused-ring (bicyclic) bond motifs is 2. The Balaban J connectivity index is 1.62. The van der Waals surface area contributed by atoms with E-state index >= 15 is 0 Å². The predicted octanol–water partition coefficient (Wildman–Crippen LogP) is 4.48. The van der Waals surface area contributed by atoms with E-state index in [1.807, 2.05) is 0 Å². The van der Waals surface area contributed by atoms with Gasteiger partial charge in [-0.25, -0.2) is 4.98 Å². The summed E-state index contributed by atoms with van der Waals surface area (Å²) in [7, 11) is 0. The molecule has 5 rings (SSSR count). The molecule has 3 heteroatoms. The number of nitrogens with zero attached hydrogens (tertiary/aromatic N) is 2. The molecule has 3 nitrogen and oxygen atoms in total. The second-order valence-electron chi connectivity index (χ2n) is 7.71. The van der Waals surface area contributed by atoms with Gasteiger partial charge in [-0.3, -0.25) is 0 Å². The Morgan fingerprint density at radius 3 is 2.83 bits per heavy atom. The van der Waals surface area contributed by atoms with Crippen LogP contribution in [-0.4, -0.2) is 16.0 Å². The summed E-state index contributed by atoms with van der Waals surface area (Å²) < 4.78 is 7.99. The van der Waals surface area contributed by atoms with Crippen molar-refractivity contribution >= 4 is 5.65 Å². The maximum absolute atomic E-state index is 5.78. The SMILES string of the molecule is Cc1c(C2C(c3cccc4c3CCO4)C2(C)C)nc2ccccn12. The number of hydrogen-bond donors (Lipinski definition) is 0. The number of ether oxygens (including phenoxy) is 1. The second-order valence-corrected chi connectivity index (χ2v) is 7.71. The Morgan fingerprint density at radius 1 is 1.12 bits per heavy atom. The van der Waals surface area contributed by atoms with E-state index in [-0.39, 0.29) is 5.41 Å². The zero-order chi connectivity index (χ0) is 16.5. The fourth-order valence-electron chi connectivity index (χ4n) is 4.70. The normalized spacial score (nSPS) is 24.0. The van der Waals surface area contributed by atoms with Crippen molar-refractivity contribution in [3.8, 4) is 5.75 Å². The van der Waals surface area contributed by atoms with Crippen LogP contribution in [0.1, 0.15) is 48.2 Å². The number of imidazole rings is 1. The summed E-state index contributed by atoms with van der Waals surface area (Å²) in [5.41, 5.74) is 6.70. The fraction of sp³-hybridized carbons (Fsp3) is 0.381. The number of benzene rings is 1. The highest BCUT2D eigenvalue weighted by Gasteiger charge is 2.61. The van der Waals surface area contributed by atoms with Gasteiger partial charge in [-0.15, -0.1) is 0 Å². The monoisotopic (exact) mass is 318 g/mol. The topological polar surface area (TPSA) is 26.5 Å². The lowest BCUT2D eigenvalue weighted by atomic mass is 9.96. The van der Waals surface area contributed by atoms with E-state index in [4.69, 9.17) is 9.72 Å². The van der Waals surface area contributed by atoms with E-state index in [1.165, 1.54) is 22.5 Å². The van der Waals surface area contributed by atoms with Gasteiger partial charge in [0.25, 0.3) is 0 Å². The lowest BCUT2D eigenvalue weighted by Crippen LogP contribution is -1.94. The van der Waals surface area contributed by atoms with Crippen LogP contribution in [0.2, 0.25) is 0 Å². The minimum atomic E-state index is 0.237. The Bertz CT molecular complexity index is 954. The molecule has 122 valence electrons. The van der Waals surface area contributed by atoms with Crippen LogP contribution in [-0.2, 0) is 6.42 Å². The first-order valence-electron chi connectivity index (χ1n) is 8.77. The molecule has 0 bridgehead atoms. The highest BCUT2D eigenvalue weighted by Crippen LogP contribution is 2.70. The van der Waals surface area contributed by atoms with Gasteiger partial charge in [-0.1, -0.05) is 32.0 Å². The lowest BCUT2D eigenvalue weighted by Gasteiger charge is -2.08. The predicted molar refractivity (Wildman–Crippen MR) is 94.8 cm³/mol. The van der Waals surface area contributed by atoms with Crippen molar-refractivity contribution in [1.29, 1.82) is 0 Å². The average Bonchev–Trinajstić information content (AvgIpc) is 2.94. The smallest absolute Gasteiger partial charge is 0.137 e. The van der Waals surface area contributed by atoms with Crippen molar-refractivity contribution in [3.63, 3.8) is 0 Å². The van der Waals surface area contributed by atoms with Gasteiger partial charge in [-0.05, 0) is 42.0 Å². The number of aryl methyl sites for hydroxylation is 1. The Hall–Kier alpha value is -2.29. The van der Waals surface area contributed by atoms with Crippen molar-refractivity contribution in [2.24, 2.45) is 5.41 Å². The molecule has 2 aliphatic rings. The molecule has 0 amide bonds. The Labute approximate surface area is 142 Å². The summed E-state index contributed by atoms with van der Waals surface area (Å²) in [4.78, 5) is 4.97. The van der Waals surface area contributed by atoms with Crippen molar-refractivity contribution in [2.45, 2.75) is 39.0 Å². The lowest BCUT2D eigenvalue weighted by molar-refractivity contribution is 0.357. The van der Waals surface area contributed by atoms with Gasteiger partial charge in [0.2, 0.25) is 0 Å². The summed E-state index contributed by atoms with van der Waals surface area (Å²) in [6.07, 6.45) is 3.15. The van der Waals surface area contributed by atoms with E-state index in [1.54, 1.807) is 0 Å². The van der Waals surface area contributed by atoms with Gasteiger partial charge in [0.15, 0.2) is 0 Å². The van der Waals surface area contributed by atoms with Crippen LogP contribution in [0.3, 0.4) is 0 Å². The number of pyridine rings is 1. The summed E-state index contributed by atoms with van der Waals surface area (Å²) in [5, 5.41) is 0. The molecular weight excluding hydrogens is 296 g/mol. The third kappa shape index (κ3) is 1.75. The first-order chi connectivity index (χ1) is 11.6. The average molecular weight is 318 g/mol. The van der Waals surface area contributed by atoms with E-state index in [0.717, 1.165) is 24.4 Å². The Morgan fingerprint density at radius 2 is 2.00 bits per heavy atom. The van der Waals surface area contributed by atoms with Crippen LogP contribution >= 0.6 is 0 Å². The molecule has 0 saturated heterocycles. The fourth-order valence-corrected chi connectivity index (χ4v) is 4.70. The molecule has 2 aromatic heterocycles. The van der Waals surface area contributed by atoms with Crippen molar-refractivity contribution in [1.82, 2.24) is 9.38 Å². The maximum Gasteiger partial charge on any atom is 0.137 e. The molecule has 1 saturated carbocycles. The van der Waals surface area contributed by atoms with Crippen LogP contribution in [0.15, 0.2) is 42.6 Å². The number of aromatic nitrogens is 2. The van der Waals surface area contributed by atoms with E-state index in [2.05, 4.69) is 67.8 Å². The molecule has 3 heterocycles. The van der Waals surface area contributed by atoms with E-state index < -0.39 is 0 Å². The highest BCUT2D eigenvalue weighted by molar-refractivity contribution is 5.53. The summed E-state index contributed by atoms with van der Waals surface area (Å²) >= 11 is 0. The zero-order valence-electron chi connectivity index (χ0n) is 14.4. The second kappa shape index (κ2) is 4.62. The first-order valence-corrected chi connectivity index (χ1v) is 8.77. The van der Waals surface area contributed by atoms with Gasteiger partial charge >= 0.3 is 0 Å². The summed E-state index contributed by atoms with van der Waals surface area (Å²) in [6, 6.07) is 12.8. The van der Waals surface area contributed by atoms with Crippen LogP contribution in [0, 0.1) is 12.3 Å². The molecule has 1 fully saturated rings. The molecule has 1 aliphatic heterocycles. The van der Waals surface area contributed by atoms with Gasteiger partial charge < -0.3 is 9.14 Å². The molecular formula is C21H22N2O. The first kappa shape index (κ1) is 14.1. The highest BCUT2D eigenvalue weighted by atomic mass is 16.5. The minimum Gasteiger partial charge on any atom is -0.493 e. The molecule has 24 heavy (non-hydrogen) atoms.